The molecule has 236 valence electrons. The van der Waals surface area contributed by atoms with Crippen molar-refractivity contribution < 1.29 is 18.0 Å². The van der Waals surface area contributed by atoms with Crippen LogP contribution in [0.3, 0.4) is 0 Å². The first-order chi connectivity index (χ1) is 21.5. The van der Waals surface area contributed by atoms with E-state index in [1.807, 2.05) is 88.4 Å². The van der Waals surface area contributed by atoms with E-state index in [2.05, 4.69) is 5.32 Å². The number of aryl methyl sites for hydroxylation is 2. The van der Waals surface area contributed by atoms with Crippen LogP contribution in [-0.2, 0) is 32.6 Å². The van der Waals surface area contributed by atoms with Crippen LogP contribution in [0.4, 0.5) is 5.69 Å². The van der Waals surface area contributed by atoms with Gasteiger partial charge in [-0.3, -0.25) is 13.9 Å². The topological polar surface area (TPSA) is 86.8 Å². The number of nitrogens with zero attached hydrogens (tertiary/aromatic N) is 2. The number of nitrogens with one attached hydrogen (secondary N) is 1. The largest absolute Gasteiger partial charge is 0.352 e. The second kappa shape index (κ2) is 15.2. The summed E-state index contributed by atoms with van der Waals surface area (Å²) in [5.41, 5.74) is 3.95. The van der Waals surface area contributed by atoms with Gasteiger partial charge in [0.1, 0.15) is 12.6 Å². The van der Waals surface area contributed by atoms with Crippen molar-refractivity contribution in [2.75, 3.05) is 10.8 Å². The summed E-state index contributed by atoms with van der Waals surface area (Å²) in [5.74, 6) is -0.800. The normalized spacial score (nSPS) is 12.6. The highest BCUT2D eigenvalue weighted by molar-refractivity contribution is 7.92. The van der Waals surface area contributed by atoms with E-state index in [1.165, 1.54) is 29.2 Å². The minimum Gasteiger partial charge on any atom is -0.352 e. The molecule has 7 nitrogen and oxygen atoms in total. The van der Waals surface area contributed by atoms with Crippen LogP contribution in [0, 0.1) is 13.8 Å². The van der Waals surface area contributed by atoms with Crippen molar-refractivity contribution in [3.63, 3.8) is 0 Å². The molecule has 45 heavy (non-hydrogen) atoms. The average molecular weight is 646 g/mol. The number of hydrogen-bond donors (Lipinski definition) is 1. The summed E-state index contributed by atoms with van der Waals surface area (Å²) in [6.07, 6.45) is 0.977. The van der Waals surface area contributed by atoms with Crippen molar-refractivity contribution in [1.29, 1.82) is 0 Å². The van der Waals surface area contributed by atoms with E-state index in [-0.39, 0.29) is 29.8 Å². The van der Waals surface area contributed by atoms with Crippen molar-refractivity contribution in [1.82, 2.24) is 10.2 Å². The van der Waals surface area contributed by atoms with Crippen LogP contribution in [0.25, 0.3) is 0 Å². The molecular formula is C36H40ClN3O4S. The monoisotopic (exact) mass is 645 g/mol. The van der Waals surface area contributed by atoms with Gasteiger partial charge in [0.05, 0.1) is 10.6 Å². The lowest BCUT2D eigenvalue weighted by Gasteiger charge is -2.34. The minimum absolute atomic E-state index is 0.00152. The number of sulfonamides is 1. The van der Waals surface area contributed by atoms with Crippen LogP contribution in [0.2, 0.25) is 5.02 Å². The predicted octanol–water partition coefficient (Wildman–Crippen LogP) is 6.71. The first-order valence-electron chi connectivity index (χ1n) is 15.0. The molecule has 0 saturated heterocycles. The van der Waals surface area contributed by atoms with Gasteiger partial charge in [0.2, 0.25) is 11.8 Å². The van der Waals surface area contributed by atoms with Gasteiger partial charge in [0.25, 0.3) is 10.0 Å². The molecule has 0 aromatic heterocycles. The van der Waals surface area contributed by atoms with Crippen molar-refractivity contribution >= 4 is 39.1 Å². The summed E-state index contributed by atoms with van der Waals surface area (Å²) in [5, 5.41) is 3.45. The van der Waals surface area contributed by atoms with Gasteiger partial charge in [-0.25, -0.2) is 8.42 Å². The predicted molar refractivity (Wildman–Crippen MR) is 181 cm³/mol. The van der Waals surface area contributed by atoms with E-state index in [0.717, 1.165) is 33.0 Å². The first-order valence-corrected chi connectivity index (χ1v) is 16.8. The lowest BCUT2D eigenvalue weighted by molar-refractivity contribution is -0.140. The summed E-state index contributed by atoms with van der Waals surface area (Å²) >= 11 is 6.06. The van der Waals surface area contributed by atoms with Crippen LogP contribution in [-0.4, -0.2) is 43.8 Å². The Morgan fingerprint density at radius 1 is 0.822 bits per heavy atom. The maximum absolute atomic E-state index is 14.5. The smallest absolute Gasteiger partial charge is 0.264 e. The number of carbonyl (C=O) groups excluding carboxylic acids is 2. The van der Waals surface area contributed by atoms with E-state index in [0.29, 0.717) is 10.7 Å². The fourth-order valence-electron chi connectivity index (χ4n) is 4.93. The van der Waals surface area contributed by atoms with Crippen molar-refractivity contribution in [2.45, 2.75) is 64.1 Å². The number of hydrogen-bond acceptors (Lipinski definition) is 4. The molecule has 0 fully saturated rings. The molecule has 0 aliphatic carbocycles. The summed E-state index contributed by atoms with van der Waals surface area (Å²) in [6.45, 7) is 7.34. The Morgan fingerprint density at radius 2 is 1.49 bits per heavy atom. The fraction of sp³-hybridized carbons (Fsp3) is 0.278. The zero-order valence-electron chi connectivity index (χ0n) is 26.1. The molecule has 9 heteroatoms. The molecule has 0 saturated carbocycles. The summed E-state index contributed by atoms with van der Waals surface area (Å²) < 4.78 is 29.4. The highest BCUT2D eigenvalue weighted by atomic mass is 35.5. The van der Waals surface area contributed by atoms with Crippen LogP contribution in [0.1, 0.15) is 42.5 Å². The number of halogens is 1. The Balaban J connectivity index is 1.80. The highest BCUT2D eigenvalue weighted by Crippen LogP contribution is 2.27. The molecule has 4 aromatic carbocycles. The van der Waals surface area contributed by atoms with Gasteiger partial charge in [-0.05, 0) is 80.3 Å². The van der Waals surface area contributed by atoms with Crippen LogP contribution in [0.5, 0.6) is 0 Å². The Hall–Kier alpha value is -4.14. The molecule has 0 aliphatic heterocycles. The SMILES string of the molecule is CC[C@@H](C)NC(=O)[C@@H](Cc1ccccc1)N(Cc1ccc(C)cc1)C(=O)CN(c1cccc(C)c1)S(=O)(=O)c1ccc(Cl)cc1. The molecule has 0 spiro atoms. The number of rotatable bonds is 13. The fourth-order valence-corrected chi connectivity index (χ4v) is 6.46. The van der Waals surface area contributed by atoms with Gasteiger partial charge in [-0.2, -0.15) is 0 Å². The van der Waals surface area contributed by atoms with E-state index in [9.17, 15) is 18.0 Å². The third-order valence-electron chi connectivity index (χ3n) is 7.72. The third kappa shape index (κ3) is 8.96. The lowest BCUT2D eigenvalue weighted by atomic mass is 10.0. The maximum atomic E-state index is 14.5. The Morgan fingerprint density at radius 3 is 2.11 bits per heavy atom. The maximum Gasteiger partial charge on any atom is 0.264 e. The minimum atomic E-state index is -4.20. The van der Waals surface area contributed by atoms with Gasteiger partial charge < -0.3 is 10.2 Å². The average Bonchev–Trinajstić information content (AvgIpc) is 3.02. The van der Waals surface area contributed by atoms with E-state index in [4.69, 9.17) is 11.6 Å². The second-order valence-electron chi connectivity index (χ2n) is 11.3. The molecule has 0 bridgehead atoms. The van der Waals surface area contributed by atoms with E-state index in [1.54, 1.807) is 18.2 Å². The molecule has 2 atom stereocenters. The molecular weight excluding hydrogens is 606 g/mol. The van der Waals surface area contributed by atoms with Crippen LogP contribution >= 0.6 is 11.6 Å². The van der Waals surface area contributed by atoms with Crippen LogP contribution < -0.4 is 9.62 Å². The molecule has 0 heterocycles. The zero-order chi connectivity index (χ0) is 32.6. The summed E-state index contributed by atoms with van der Waals surface area (Å²) in [4.78, 5) is 29.9. The first kappa shape index (κ1) is 33.7. The van der Waals surface area contributed by atoms with Crippen LogP contribution in [0.15, 0.2) is 108 Å². The number of anilines is 1. The summed E-state index contributed by atoms with van der Waals surface area (Å²) in [7, 11) is -4.20. The van der Waals surface area contributed by atoms with E-state index < -0.39 is 28.5 Å². The molecule has 2 amide bonds. The van der Waals surface area contributed by atoms with Crippen molar-refractivity contribution in [3.05, 3.63) is 130 Å². The van der Waals surface area contributed by atoms with Gasteiger partial charge in [0.15, 0.2) is 0 Å². The van der Waals surface area contributed by atoms with Gasteiger partial charge in [-0.1, -0.05) is 90.8 Å². The van der Waals surface area contributed by atoms with Crippen molar-refractivity contribution in [3.8, 4) is 0 Å². The van der Waals surface area contributed by atoms with Gasteiger partial charge >= 0.3 is 0 Å². The quantitative estimate of drug-likeness (QED) is 0.175. The number of amides is 2. The van der Waals surface area contributed by atoms with Gasteiger partial charge in [0, 0.05) is 24.0 Å². The molecule has 0 aliphatic rings. The number of benzene rings is 4. The summed E-state index contributed by atoms with van der Waals surface area (Å²) in [6, 6.07) is 29.1. The standard InChI is InChI=1S/C36H40ClN3O4S/c1-5-28(4)38-36(42)34(23-29-11-7-6-8-12-29)39(24-30-16-14-26(2)15-17-30)35(41)25-40(32-13-9-10-27(3)22-32)45(43,44)33-20-18-31(37)19-21-33/h6-22,28,34H,5,23-25H2,1-4H3,(H,38,42)/t28-,34-/m1/s1. The third-order valence-corrected chi connectivity index (χ3v) is 9.76. The molecule has 1 N–H and O–H groups in total. The van der Waals surface area contributed by atoms with E-state index >= 15 is 0 Å². The Bertz CT molecular complexity index is 1690. The zero-order valence-corrected chi connectivity index (χ0v) is 27.7. The Kier molecular flexibility index (Phi) is 11.4. The molecule has 0 unspecified atom stereocenters. The van der Waals surface area contributed by atoms with Gasteiger partial charge in [-0.15, -0.1) is 0 Å². The molecule has 0 radical (unpaired) electrons. The molecule has 4 rings (SSSR count). The number of carbonyl (C=O) groups is 2. The molecule has 4 aromatic rings. The Labute approximate surface area is 271 Å². The lowest BCUT2D eigenvalue weighted by Crippen LogP contribution is -2.54. The van der Waals surface area contributed by atoms with Crippen molar-refractivity contribution in [2.24, 2.45) is 0 Å². The second-order valence-corrected chi connectivity index (χ2v) is 13.6. The highest BCUT2D eigenvalue weighted by Gasteiger charge is 2.35.